The van der Waals surface area contributed by atoms with E-state index in [1.807, 2.05) is 30.5 Å². The Morgan fingerprint density at radius 2 is 1.56 bits per heavy atom. The normalized spacial score (nSPS) is 19.3. The number of carbonyl (C=O) groups excluding carboxylic acids is 3. The molecule has 4 rings (SSSR count). The van der Waals surface area contributed by atoms with Crippen LogP contribution in [0.2, 0.25) is 0 Å². The molecule has 1 aliphatic carbocycles. The number of rotatable bonds is 10. The highest BCUT2D eigenvalue weighted by Crippen LogP contribution is 2.36. The summed E-state index contributed by atoms with van der Waals surface area (Å²) in [6, 6.07) is 18.5. The van der Waals surface area contributed by atoms with Crippen LogP contribution in [0.25, 0.3) is 0 Å². The quantitative estimate of drug-likeness (QED) is 0.225. The van der Waals surface area contributed by atoms with Gasteiger partial charge in [0.05, 0.1) is 5.56 Å². The molecule has 5 nitrogen and oxygen atoms in total. The van der Waals surface area contributed by atoms with Crippen molar-refractivity contribution < 1.29 is 19.1 Å². The van der Waals surface area contributed by atoms with Gasteiger partial charge in [0.2, 0.25) is 17.2 Å². The fourth-order valence-corrected chi connectivity index (χ4v) is 4.58. The summed E-state index contributed by atoms with van der Waals surface area (Å²) < 4.78 is 5.56. The molecule has 0 aromatic heterocycles. The molecule has 186 valence electrons. The van der Waals surface area contributed by atoms with Crippen LogP contribution in [0, 0.1) is 0 Å². The number of benzene rings is 2. The molecule has 0 saturated heterocycles. The number of unbranched alkanes of at least 4 members (excludes halogenated alkanes) is 4. The van der Waals surface area contributed by atoms with E-state index in [0.717, 1.165) is 30.5 Å². The SMILES string of the molecule is CCCCCCCC1=CC2=CC(=O)C(C)(OC(=O)c3ccccc3)C(=O)C2=CN1Cc1ccccc1. The van der Waals surface area contributed by atoms with Gasteiger partial charge in [0, 0.05) is 24.0 Å². The second kappa shape index (κ2) is 11.3. The first-order valence-corrected chi connectivity index (χ1v) is 12.7. The van der Waals surface area contributed by atoms with Crippen molar-refractivity contribution >= 4 is 17.5 Å². The van der Waals surface area contributed by atoms with E-state index in [-0.39, 0.29) is 0 Å². The minimum atomic E-state index is -1.90. The van der Waals surface area contributed by atoms with Gasteiger partial charge in [0.1, 0.15) is 0 Å². The van der Waals surface area contributed by atoms with Crippen LogP contribution >= 0.6 is 0 Å². The van der Waals surface area contributed by atoms with Gasteiger partial charge in [-0.05, 0) is 55.2 Å². The van der Waals surface area contributed by atoms with Crippen LogP contribution in [0.3, 0.4) is 0 Å². The van der Waals surface area contributed by atoms with E-state index in [1.165, 1.54) is 32.3 Å². The van der Waals surface area contributed by atoms with E-state index in [0.29, 0.717) is 23.3 Å². The first-order chi connectivity index (χ1) is 17.4. The third-order valence-corrected chi connectivity index (χ3v) is 6.76. The Morgan fingerprint density at radius 3 is 2.25 bits per heavy atom. The Bertz CT molecular complexity index is 1210. The zero-order valence-corrected chi connectivity index (χ0v) is 21.0. The summed E-state index contributed by atoms with van der Waals surface area (Å²) in [4.78, 5) is 41.6. The van der Waals surface area contributed by atoms with Crippen molar-refractivity contribution in [1.82, 2.24) is 4.90 Å². The van der Waals surface area contributed by atoms with Crippen LogP contribution in [0.15, 0.2) is 95.9 Å². The van der Waals surface area contributed by atoms with Crippen molar-refractivity contribution in [3.8, 4) is 0 Å². The molecular weight excluding hydrogens is 450 g/mol. The third-order valence-electron chi connectivity index (χ3n) is 6.76. The summed E-state index contributed by atoms with van der Waals surface area (Å²) in [6.45, 7) is 4.20. The molecule has 0 saturated carbocycles. The van der Waals surface area contributed by atoms with Gasteiger partial charge in [-0.2, -0.15) is 0 Å². The summed E-state index contributed by atoms with van der Waals surface area (Å²) in [5.74, 6) is -1.71. The lowest BCUT2D eigenvalue weighted by Crippen LogP contribution is -2.51. The Hall–Kier alpha value is -3.73. The van der Waals surface area contributed by atoms with Gasteiger partial charge in [-0.25, -0.2) is 4.79 Å². The maximum absolute atomic E-state index is 13.6. The average molecular weight is 484 g/mol. The molecule has 0 N–H and O–H groups in total. The predicted molar refractivity (Wildman–Crippen MR) is 140 cm³/mol. The Morgan fingerprint density at radius 1 is 0.889 bits per heavy atom. The van der Waals surface area contributed by atoms with Crippen LogP contribution in [0.5, 0.6) is 0 Å². The first kappa shape index (κ1) is 25.4. The zero-order valence-electron chi connectivity index (χ0n) is 21.0. The Labute approximate surface area is 213 Å². The van der Waals surface area contributed by atoms with Gasteiger partial charge < -0.3 is 9.64 Å². The molecule has 0 fully saturated rings. The number of ether oxygens (including phenoxy) is 1. The fourth-order valence-electron chi connectivity index (χ4n) is 4.58. The smallest absolute Gasteiger partial charge is 0.339 e. The van der Waals surface area contributed by atoms with Gasteiger partial charge in [0.25, 0.3) is 0 Å². The van der Waals surface area contributed by atoms with Crippen molar-refractivity contribution in [3.05, 3.63) is 107 Å². The monoisotopic (exact) mass is 483 g/mol. The molecule has 0 spiro atoms. The van der Waals surface area contributed by atoms with Gasteiger partial charge in [-0.15, -0.1) is 0 Å². The third kappa shape index (κ3) is 5.56. The van der Waals surface area contributed by atoms with Crippen molar-refractivity contribution in [1.29, 1.82) is 0 Å². The molecule has 1 heterocycles. The van der Waals surface area contributed by atoms with Gasteiger partial charge >= 0.3 is 5.97 Å². The number of hydrogen-bond acceptors (Lipinski definition) is 5. The number of ketones is 2. The molecule has 2 aliphatic rings. The van der Waals surface area contributed by atoms with Gasteiger partial charge in [-0.1, -0.05) is 81.1 Å². The summed E-state index contributed by atoms with van der Waals surface area (Å²) in [5, 5.41) is 0. The minimum Gasteiger partial charge on any atom is -0.439 e. The number of carbonyl (C=O) groups is 3. The maximum Gasteiger partial charge on any atom is 0.339 e. The molecule has 2 aromatic rings. The van der Waals surface area contributed by atoms with Gasteiger partial charge in [0.15, 0.2) is 0 Å². The van der Waals surface area contributed by atoms with Crippen LogP contribution in [0.1, 0.15) is 68.3 Å². The van der Waals surface area contributed by atoms with Crippen molar-refractivity contribution in [3.63, 3.8) is 0 Å². The number of allylic oxidation sites excluding steroid dienone is 3. The number of Topliss-reactive ketones (excluding diaryl/α,β-unsaturated/α-hetero) is 1. The second-order valence-corrected chi connectivity index (χ2v) is 9.54. The van der Waals surface area contributed by atoms with E-state index >= 15 is 0 Å². The average Bonchev–Trinajstić information content (AvgIpc) is 2.89. The van der Waals surface area contributed by atoms with E-state index in [1.54, 1.807) is 30.3 Å². The standard InChI is InChI=1S/C31H33NO4/c1-3-4-5-6-13-18-26-19-25-20-28(33)31(2,36-30(35)24-16-11-8-12-17-24)29(34)27(25)22-32(26)21-23-14-9-7-10-15-23/h7-12,14-17,19-20,22H,3-6,13,18,21H2,1-2H3. The lowest BCUT2D eigenvalue weighted by Gasteiger charge is -2.35. The van der Waals surface area contributed by atoms with Crippen molar-refractivity contribution in [2.75, 3.05) is 0 Å². The van der Waals surface area contributed by atoms with E-state index in [2.05, 4.69) is 24.0 Å². The molecule has 2 aromatic carbocycles. The summed E-state index contributed by atoms with van der Waals surface area (Å²) in [5.41, 5.74) is 1.58. The zero-order chi connectivity index (χ0) is 25.5. The first-order valence-electron chi connectivity index (χ1n) is 12.7. The molecule has 0 radical (unpaired) electrons. The minimum absolute atomic E-state index is 0.294. The number of esters is 1. The molecule has 36 heavy (non-hydrogen) atoms. The van der Waals surface area contributed by atoms with Crippen LogP contribution in [-0.4, -0.2) is 28.0 Å². The number of nitrogens with zero attached hydrogens (tertiary/aromatic N) is 1. The highest BCUT2D eigenvalue weighted by molar-refractivity contribution is 6.26. The summed E-state index contributed by atoms with van der Waals surface area (Å²) in [6.07, 6.45) is 11.9. The predicted octanol–water partition coefficient (Wildman–Crippen LogP) is 6.32. The van der Waals surface area contributed by atoms with E-state index in [9.17, 15) is 14.4 Å². The molecule has 0 amide bonds. The molecule has 1 aliphatic heterocycles. The van der Waals surface area contributed by atoms with Crippen molar-refractivity contribution in [2.24, 2.45) is 0 Å². The van der Waals surface area contributed by atoms with E-state index < -0.39 is 23.1 Å². The largest absolute Gasteiger partial charge is 0.439 e. The maximum atomic E-state index is 13.6. The van der Waals surface area contributed by atoms with Crippen LogP contribution in [0.4, 0.5) is 0 Å². The second-order valence-electron chi connectivity index (χ2n) is 9.54. The summed E-state index contributed by atoms with van der Waals surface area (Å²) >= 11 is 0. The molecule has 1 unspecified atom stereocenters. The highest BCUT2D eigenvalue weighted by atomic mass is 16.6. The molecule has 5 heteroatoms. The summed E-state index contributed by atoms with van der Waals surface area (Å²) in [7, 11) is 0. The fraction of sp³-hybridized carbons (Fsp3) is 0.323. The highest BCUT2D eigenvalue weighted by Gasteiger charge is 2.49. The lowest BCUT2D eigenvalue weighted by atomic mass is 9.79. The van der Waals surface area contributed by atoms with Gasteiger partial charge in [-0.3, -0.25) is 9.59 Å². The molecule has 0 bridgehead atoms. The topological polar surface area (TPSA) is 63.7 Å². The van der Waals surface area contributed by atoms with E-state index in [4.69, 9.17) is 4.74 Å². The lowest BCUT2D eigenvalue weighted by molar-refractivity contribution is -0.145. The number of hydrogen-bond donors (Lipinski definition) is 0. The Balaban J connectivity index is 1.61. The molecular formula is C31H33NO4. The van der Waals surface area contributed by atoms with Crippen LogP contribution in [-0.2, 0) is 20.9 Å². The van der Waals surface area contributed by atoms with Crippen LogP contribution < -0.4 is 0 Å². The van der Waals surface area contributed by atoms with Crippen molar-refractivity contribution in [2.45, 2.75) is 64.5 Å². The molecule has 1 atom stereocenters. The number of fused-ring (bicyclic) bond motifs is 1. The Kier molecular flexibility index (Phi) is 7.99.